The maximum Gasteiger partial charge on any atom is 0.416 e. The topological polar surface area (TPSA) is 53.5 Å². The lowest BCUT2D eigenvalue weighted by Gasteiger charge is -2.24. The van der Waals surface area contributed by atoms with Crippen molar-refractivity contribution >= 4 is 65.4 Å². The molecule has 6 nitrogen and oxygen atoms in total. The van der Waals surface area contributed by atoms with Gasteiger partial charge in [-0.05, 0) is 84.9 Å². The second kappa shape index (κ2) is 19.3. The molecule has 0 unspecified atom stereocenters. The number of hydrogen-bond donors (Lipinski definition) is 0. The van der Waals surface area contributed by atoms with Crippen molar-refractivity contribution in [2.75, 3.05) is 0 Å². The van der Waals surface area contributed by atoms with Crippen molar-refractivity contribution in [1.82, 2.24) is 28.7 Å². The molecule has 13 rings (SSSR count). The monoisotopic (exact) mass is 1210 g/mol. The first kappa shape index (κ1) is 56.3. The van der Waals surface area contributed by atoms with E-state index in [1.54, 1.807) is 60.7 Å². The summed E-state index contributed by atoms with van der Waals surface area (Å²) < 4.78 is 275. The Morgan fingerprint density at radius 2 is 0.448 bits per heavy atom. The highest BCUT2D eigenvalue weighted by Crippen LogP contribution is 2.49. The van der Waals surface area contributed by atoms with E-state index in [0.717, 1.165) is 62.2 Å². The summed E-state index contributed by atoms with van der Waals surface area (Å²) in [5.41, 5.74) is -14.4. The predicted octanol–water partition coefficient (Wildman–Crippen LogP) is 20.3. The van der Waals surface area contributed by atoms with E-state index in [0.29, 0.717) is 83.9 Å². The number of hydrogen-bond acceptors (Lipinski definition) is 3. The minimum Gasteiger partial charge on any atom is -0.307 e. The number of alkyl halides is 18. The smallest absolute Gasteiger partial charge is 0.307 e. The summed E-state index contributed by atoms with van der Waals surface area (Å²) in [6.45, 7) is 0. The fourth-order valence-electron chi connectivity index (χ4n) is 11.1. The van der Waals surface area contributed by atoms with Crippen molar-refractivity contribution in [2.45, 2.75) is 37.1 Å². The molecule has 0 saturated heterocycles. The molecule has 0 aliphatic heterocycles. The van der Waals surface area contributed by atoms with Gasteiger partial charge in [0.05, 0.1) is 83.5 Å². The fraction of sp³-hybridized carbons (Fsp3) is 0.0952. The summed E-state index contributed by atoms with van der Waals surface area (Å²) in [4.78, 5) is 14.2. The second-order valence-corrected chi connectivity index (χ2v) is 20.3. The van der Waals surface area contributed by atoms with E-state index in [-0.39, 0.29) is 49.5 Å². The number of rotatable bonds is 6. The zero-order chi connectivity index (χ0) is 61.7. The van der Waals surface area contributed by atoms with Crippen LogP contribution in [0.5, 0.6) is 0 Å². The maximum absolute atomic E-state index is 15.2. The summed E-state index contributed by atoms with van der Waals surface area (Å²) in [6, 6.07) is 30.1. The molecule has 13 aromatic rings. The van der Waals surface area contributed by atoms with E-state index in [2.05, 4.69) is 4.98 Å². The highest BCUT2D eigenvalue weighted by atomic mass is 19.4. The quantitative estimate of drug-likeness (QED) is 0.156. The summed E-state index contributed by atoms with van der Waals surface area (Å²) >= 11 is 0. The summed E-state index contributed by atoms with van der Waals surface area (Å²) in [5, 5.41) is -1.39. The van der Waals surface area contributed by atoms with E-state index in [1.165, 1.54) is 0 Å². The van der Waals surface area contributed by atoms with Gasteiger partial charge < -0.3 is 13.7 Å². The standard InChI is InChI=1S/C63H30F18N6/c64-58(65,66)34-11-17-40-41-18-12-35(59(67,68)69)26-47(41)85(46(40)25-34)52-23-33(57-83-55(31-7-3-1-4-8-31)82-56(84-57)32-9-5-2-6-10-32)24-53(86-48-27-36(60(70,71)72)13-19-42(48)43-20-14-37(28-49(43)86)61(73,74)75)54(52)87-50-29-38(62(76,77)78)15-21-44(50)45-22-16-39(30-51(45)87)63(79,80)81/h1-30H. The van der Waals surface area contributed by atoms with Gasteiger partial charge in [0.25, 0.3) is 0 Å². The Labute approximate surface area is 475 Å². The van der Waals surface area contributed by atoms with Crippen LogP contribution in [0.2, 0.25) is 0 Å². The molecule has 4 aromatic heterocycles. The van der Waals surface area contributed by atoms with Crippen molar-refractivity contribution in [3.05, 3.63) is 215 Å². The van der Waals surface area contributed by atoms with E-state index in [1.807, 2.05) is 0 Å². The van der Waals surface area contributed by atoms with E-state index < -0.39 is 126 Å². The molecule has 0 aliphatic rings. The lowest BCUT2D eigenvalue weighted by Crippen LogP contribution is -2.13. The van der Waals surface area contributed by atoms with Crippen LogP contribution in [-0.4, -0.2) is 28.7 Å². The van der Waals surface area contributed by atoms with Crippen LogP contribution in [0.3, 0.4) is 0 Å². The highest BCUT2D eigenvalue weighted by Gasteiger charge is 2.39. The van der Waals surface area contributed by atoms with Crippen LogP contribution in [0.15, 0.2) is 182 Å². The average Bonchev–Trinajstić information content (AvgIpc) is 1.64. The van der Waals surface area contributed by atoms with Gasteiger partial charge in [0.2, 0.25) is 0 Å². The van der Waals surface area contributed by atoms with Crippen LogP contribution in [0.1, 0.15) is 33.4 Å². The molecule has 438 valence electrons. The van der Waals surface area contributed by atoms with Gasteiger partial charge in [-0.1, -0.05) is 97.1 Å². The molecule has 0 radical (unpaired) electrons. The lowest BCUT2D eigenvalue weighted by atomic mass is 10.1. The summed E-state index contributed by atoms with van der Waals surface area (Å²) in [7, 11) is 0. The molecule has 0 atom stereocenters. The number of aromatic nitrogens is 6. The van der Waals surface area contributed by atoms with Gasteiger partial charge in [-0.3, -0.25) is 0 Å². The summed E-state index contributed by atoms with van der Waals surface area (Å²) in [5.74, 6) is -0.633. The Hall–Kier alpha value is -9.87. The molecule has 4 heterocycles. The third-order valence-corrected chi connectivity index (χ3v) is 15.0. The lowest BCUT2D eigenvalue weighted by molar-refractivity contribution is -0.138. The molecule has 9 aromatic carbocycles. The van der Waals surface area contributed by atoms with Crippen LogP contribution >= 0.6 is 0 Å². The van der Waals surface area contributed by atoms with Gasteiger partial charge in [0.1, 0.15) is 0 Å². The van der Waals surface area contributed by atoms with E-state index in [4.69, 9.17) is 9.97 Å². The Morgan fingerprint density at radius 3 is 0.678 bits per heavy atom. The SMILES string of the molecule is FC(F)(F)c1ccc2c3ccc(C(F)(F)F)cc3n(-c3cc(-c4nc(-c5ccccc5)nc(-c5ccccc5)n4)cc(-n4c5cc(C(F)(F)F)ccc5c5ccc(C(F)(F)F)cc54)c3-n3c4cc(C(F)(F)F)ccc4c4ccc(C(F)(F)F)cc43)c2c1. The minimum atomic E-state index is -5.25. The van der Waals surface area contributed by atoms with Crippen LogP contribution in [0.25, 0.3) is 117 Å². The van der Waals surface area contributed by atoms with Crippen molar-refractivity contribution in [2.24, 2.45) is 0 Å². The van der Waals surface area contributed by atoms with Crippen LogP contribution in [0.4, 0.5) is 79.0 Å². The van der Waals surface area contributed by atoms with E-state index in [9.17, 15) is 0 Å². The zero-order valence-electron chi connectivity index (χ0n) is 43.3. The summed E-state index contributed by atoms with van der Waals surface area (Å²) in [6.07, 6.45) is -31.4. The molecular formula is C63H30F18N6. The van der Waals surface area contributed by atoms with Crippen LogP contribution in [-0.2, 0) is 37.1 Å². The molecule has 0 bridgehead atoms. The minimum absolute atomic E-state index is 0.101. The number of halogens is 18. The van der Waals surface area contributed by atoms with Crippen molar-refractivity contribution in [3.63, 3.8) is 0 Å². The molecule has 87 heavy (non-hydrogen) atoms. The van der Waals surface area contributed by atoms with Crippen molar-refractivity contribution in [1.29, 1.82) is 0 Å². The molecule has 0 amide bonds. The molecule has 0 saturated carbocycles. The van der Waals surface area contributed by atoms with Gasteiger partial charge in [-0.2, -0.15) is 79.0 Å². The van der Waals surface area contributed by atoms with E-state index >= 15 is 79.0 Å². The van der Waals surface area contributed by atoms with Crippen molar-refractivity contribution < 1.29 is 79.0 Å². The van der Waals surface area contributed by atoms with Crippen molar-refractivity contribution in [3.8, 4) is 51.2 Å². The first-order chi connectivity index (χ1) is 40.9. The predicted molar refractivity (Wildman–Crippen MR) is 289 cm³/mol. The number of fused-ring (bicyclic) bond motifs is 9. The normalized spacial score (nSPS) is 13.2. The number of benzene rings is 9. The first-order valence-corrected chi connectivity index (χ1v) is 25.7. The van der Waals surface area contributed by atoms with Gasteiger partial charge in [-0.25, -0.2) is 15.0 Å². The fourth-order valence-corrected chi connectivity index (χ4v) is 11.1. The van der Waals surface area contributed by atoms with Crippen LogP contribution < -0.4 is 0 Å². The Bertz CT molecular complexity index is 4500. The maximum atomic E-state index is 15.2. The Morgan fingerprint density at radius 1 is 0.230 bits per heavy atom. The third kappa shape index (κ3) is 9.66. The average molecular weight is 1210 g/mol. The number of nitrogens with zero attached hydrogens (tertiary/aromatic N) is 6. The molecule has 0 aliphatic carbocycles. The third-order valence-electron chi connectivity index (χ3n) is 15.0. The Kier molecular flexibility index (Phi) is 12.5. The van der Waals surface area contributed by atoms with Gasteiger partial charge in [0.15, 0.2) is 17.5 Å². The first-order valence-electron chi connectivity index (χ1n) is 25.7. The Balaban J connectivity index is 1.35. The second-order valence-electron chi connectivity index (χ2n) is 20.3. The molecule has 24 heteroatoms. The zero-order valence-corrected chi connectivity index (χ0v) is 43.3. The van der Waals surface area contributed by atoms with Crippen LogP contribution in [0, 0.1) is 0 Å². The molecule has 0 N–H and O–H groups in total. The molecular weight excluding hydrogens is 1180 g/mol. The highest BCUT2D eigenvalue weighted by molar-refractivity contribution is 6.14. The molecule has 0 spiro atoms. The van der Waals surface area contributed by atoms with Gasteiger partial charge in [-0.15, -0.1) is 0 Å². The molecule has 0 fully saturated rings. The van der Waals surface area contributed by atoms with Gasteiger partial charge >= 0.3 is 37.1 Å². The van der Waals surface area contributed by atoms with Gasteiger partial charge in [0, 0.05) is 49.0 Å². The largest absolute Gasteiger partial charge is 0.416 e.